The normalized spacial score (nSPS) is 19.9. The number of amides is 1. The molecule has 8 heteroatoms. The summed E-state index contributed by atoms with van der Waals surface area (Å²) in [6.07, 6.45) is 1.32. The first-order valence-corrected chi connectivity index (χ1v) is 9.43. The molecule has 1 fully saturated rings. The molecule has 1 heterocycles. The van der Waals surface area contributed by atoms with Gasteiger partial charge in [-0.1, -0.05) is 23.2 Å². The predicted octanol–water partition coefficient (Wildman–Crippen LogP) is 2.99. The third-order valence-corrected chi connectivity index (χ3v) is 6.11. The number of piperidine rings is 1. The molecule has 2 rings (SSSR count). The first-order chi connectivity index (χ1) is 10.3. The minimum Gasteiger partial charge on any atom is -0.324 e. The van der Waals surface area contributed by atoms with Crippen molar-refractivity contribution in [2.24, 2.45) is 5.92 Å². The van der Waals surface area contributed by atoms with Gasteiger partial charge in [-0.15, -0.1) is 0 Å². The van der Waals surface area contributed by atoms with E-state index in [1.54, 1.807) is 25.1 Å². The van der Waals surface area contributed by atoms with Crippen LogP contribution in [0.15, 0.2) is 18.2 Å². The highest BCUT2D eigenvalue weighted by Crippen LogP contribution is 2.27. The van der Waals surface area contributed by atoms with E-state index in [9.17, 15) is 13.2 Å². The summed E-state index contributed by atoms with van der Waals surface area (Å²) in [6, 6.07) is 4.81. The number of carbonyl (C=O) groups excluding carboxylic acids is 1. The molecule has 0 radical (unpaired) electrons. The number of rotatable bonds is 4. The maximum absolute atomic E-state index is 12.4. The summed E-state index contributed by atoms with van der Waals surface area (Å²) >= 11 is 11.9. The zero-order valence-corrected chi connectivity index (χ0v) is 14.5. The van der Waals surface area contributed by atoms with Crippen LogP contribution in [0, 0.1) is 5.92 Å². The molecule has 22 heavy (non-hydrogen) atoms. The lowest BCUT2D eigenvalue weighted by atomic mass is 9.99. The van der Waals surface area contributed by atoms with Crippen molar-refractivity contribution in [3.63, 3.8) is 0 Å². The van der Waals surface area contributed by atoms with Gasteiger partial charge >= 0.3 is 0 Å². The van der Waals surface area contributed by atoms with E-state index in [0.717, 1.165) is 0 Å². The fourth-order valence-corrected chi connectivity index (χ4v) is 3.94. The average molecular weight is 365 g/mol. The molecule has 0 aromatic heterocycles. The van der Waals surface area contributed by atoms with Crippen LogP contribution in [0.1, 0.15) is 19.8 Å². The van der Waals surface area contributed by atoms with E-state index in [0.29, 0.717) is 35.1 Å². The molecule has 1 aromatic carbocycles. The van der Waals surface area contributed by atoms with Crippen molar-refractivity contribution in [1.82, 2.24) is 4.31 Å². The Balaban J connectivity index is 2.08. The monoisotopic (exact) mass is 364 g/mol. The van der Waals surface area contributed by atoms with E-state index in [2.05, 4.69) is 5.32 Å². The summed E-state index contributed by atoms with van der Waals surface area (Å²) in [5.41, 5.74) is 0.439. The van der Waals surface area contributed by atoms with Crippen LogP contribution < -0.4 is 5.32 Å². The van der Waals surface area contributed by atoms with Gasteiger partial charge in [-0.05, 0) is 38.0 Å². The molecule has 1 amide bonds. The number of nitrogens with one attached hydrogen (secondary N) is 1. The lowest BCUT2D eigenvalue weighted by Crippen LogP contribution is -2.44. The molecule has 0 saturated carbocycles. The lowest BCUT2D eigenvalue weighted by Gasteiger charge is -2.31. The molecule has 1 atom stereocenters. The maximum atomic E-state index is 12.4. The molecule has 1 saturated heterocycles. The van der Waals surface area contributed by atoms with Gasteiger partial charge in [-0.25, -0.2) is 12.7 Å². The summed E-state index contributed by atoms with van der Waals surface area (Å²) in [7, 11) is -3.27. The smallest absolute Gasteiger partial charge is 0.228 e. The van der Waals surface area contributed by atoms with Crippen molar-refractivity contribution in [2.75, 3.05) is 24.2 Å². The third kappa shape index (κ3) is 4.13. The second kappa shape index (κ2) is 7.17. The third-order valence-electron chi connectivity index (χ3n) is 3.70. The second-order valence-electron chi connectivity index (χ2n) is 5.21. The highest BCUT2D eigenvalue weighted by molar-refractivity contribution is 7.89. The number of nitrogens with zero attached hydrogens (tertiary/aromatic N) is 1. The number of hydrogen-bond donors (Lipinski definition) is 1. The molecule has 1 aliphatic heterocycles. The Labute approximate surface area is 140 Å². The Kier molecular flexibility index (Phi) is 5.71. The van der Waals surface area contributed by atoms with E-state index in [1.165, 1.54) is 4.31 Å². The Morgan fingerprint density at radius 2 is 2.14 bits per heavy atom. The largest absolute Gasteiger partial charge is 0.324 e. The first kappa shape index (κ1) is 17.5. The van der Waals surface area contributed by atoms with Gasteiger partial charge in [0.1, 0.15) is 0 Å². The fraction of sp³-hybridized carbons (Fsp3) is 0.500. The van der Waals surface area contributed by atoms with E-state index < -0.39 is 10.0 Å². The van der Waals surface area contributed by atoms with E-state index in [1.807, 2.05) is 0 Å². The maximum Gasteiger partial charge on any atom is 0.228 e. The molecular formula is C14H18Cl2N2O3S. The fourth-order valence-electron chi connectivity index (χ4n) is 2.42. The van der Waals surface area contributed by atoms with Gasteiger partial charge in [0.15, 0.2) is 0 Å². The quantitative estimate of drug-likeness (QED) is 0.892. The van der Waals surface area contributed by atoms with Crippen LogP contribution in [0.2, 0.25) is 10.0 Å². The second-order valence-corrected chi connectivity index (χ2v) is 8.31. The highest BCUT2D eigenvalue weighted by Gasteiger charge is 2.31. The molecule has 0 bridgehead atoms. The van der Waals surface area contributed by atoms with Crippen LogP contribution in [0.4, 0.5) is 5.69 Å². The molecule has 0 aliphatic carbocycles. The zero-order valence-electron chi connectivity index (χ0n) is 12.2. The van der Waals surface area contributed by atoms with Crippen molar-refractivity contribution in [3.05, 3.63) is 28.2 Å². The standard InChI is InChI=1S/C14H18Cl2N2O3S/c1-2-22(20,21)18-7-3-4-10(9-18)14(19)17-13-8-11(15)5-6-12(13)16/h5-6,8,10H,2-4,7,9H2,1H3,(H,17,19)/t10-/m1/s1. The number of hydrogen-bond acceptors (Lipinski definition) is 3. The Bertz CT molecular complexity index is 664. The number of halogens is 2. The van der Waals surface area contributed by atoms with Gasteiger partial charge in [-0.2, -0.15) is 0 Å². The SMILES string of the molecule is CCS(=O)(=O)N1CCC[C@@H](C(=O)Nc2cc(Cl)ccc2Cl)C1. The van der Waals surface area contributed by atoms with Crippen LogP contribution in [-0.2, 0) is 14.8 Å². The molecule has 0 unspecified atom stereocenters. The average Bonchev–Trinajstić information content (AvgIpc) is 2.51. The summed E-state index contributed by atoms with van der Waals surface area (Å²) in [4.78, 5) is 12.4. The topological polar surface area (TPSA) is 66.5 Å². The highest BCUT2D eigenvalue weighted by atomic mass is 35.5. The molecule has 122 valence electrons. The molecule has 5 nitrogen and oxygen atoms in total. The minimum atomic E-state index is -3.27. The Hall–Kier alpha value is -0.820. The van der Waals surface area contributed by atoms with E-state index >= 15 is 0 Å². The molecule has 1 aliphatic rings. The predicted molar refractivity (Wildman–Crippen MR) is 88.8 cm³/mol. The Morgan fingerprint density at radius 1 is 1.41 bits per heavy atom. The zero-order chi connectivity index (χ0) is 16.3. The number of sulfonamides is 1. The summed E-state index contributed by atoms with van der Waals surface area (Å²) in [6.45, 7) is 2.28. The first-order valence-electron chi connectivity index (χ1n) is 7.07. The van der Waals surface area contributed by atoms with Crippen molar-refractivity contribution in [1.29, 1.82) is 0 Å². The van der Waals surface area contributed by atoms with E-state index in [4.69, 9.17) is 23.2 Å². The van der Waals surface area contributed by atoms with Crippen LogP contribution >= 0.6 is 23.2 Å². The number of benzene rings is 1. The lowest BCUT2D eigenvalue weighted by molar-refractivity contribution is -0.120. The van der Waals surface area contributed by atoms with Gasteiger partial charge in [0.2, 0.25) is 15.9 Å². The molecule has 0 spiro atoms. The van der Waals surface area contributed by atoms with Crippen molar-refractivity contribution in [3.8, 4) is 0 Å². The van der Waals surface area contributed by atoms with Gasteiger partial charge in [0.25, 0.3) is 0 Å². The van der Waals surface area contributed by atoms with Crippen molar-refractivity contribution >= 4 is 44.8 Å². The van der Waals surface area contributed by atoms with Crippen molar-refractivity contribution < 1.29 is 13.2 Å². The molecule has 1 aromatic rings. The van der Waals surface area contributed by atoms with Crippen LogP contribution in [0.5, 0.6) is 0 Å². The molecular weight excluding hydrogens is 347 g/mol. The van der Waals surface area contributed by atoms with Crippen molar-refractivity contribution in [2.45, 2.75) is 19.8 Å². The van der Waals surface area contributed by atoms with Crippen LogP contribution in [0.25, 0.3) is 0 Å². The van der Waals surface area contributed by atoms with Gasteiger partial charge in [0, 0.05) is 18.1 Å². The summed E-state index contributed by atoms with van der Waals surface area (Å²) < 4.78 is 25.3. The molecule has 1 N–H and O–H groups in total. The summed E-state index contributed by atoms with van der Waals surface area (Å²) in [5.74, 6) is -0.577. The van der Waals surface area contributed by atoms with Crippen LogP contribution in [-0.4, -0.2) is 37.5 Å². The van der Waals surface area contributed by atoms with Gasteiger partial charge in [-0.3, -0.25) is 4.79 Å². The number of carbonyl (C=O) groups is 1. The summed E-state index contributed by atoms with van der Waals surface area (Å²) in [5, 5.41) is 3.60. The van der Waals surface area contributed by atoms with Gasteiger partial charge in [0.05, 0.1) is 22.4 Å². The van der Waals surface area contributed by atoms with E-state index in [-0.39, 0.29) is 24.1 Å². The number of anilines is 1. The minimum absolute atomic E-state index is 0.0431. The van der Waals surface area contributed by atoms with Gasteiger partial charge < -0.3 is 5.32 Å². The Morgan fingerprint density at radius 3 is 2.82 bits per heavy atom. The van der Waals surface area contributed by atoms with Crippen LogP contribution in [0.3, 0.4) is 0 Å².